The molecule has 2 aromatic heterocycles. The van der Waals surface area contributed by atoms with Crippen molar-refractivity contribution >= 4 is 56.2 Å². The van der Waals surface area contributed by atoms with Crippen molar-refractivity contribution in [2.45, 2.75) is 100 Å². The van der Waals surface area contributed by atoms with Crippen LogP contribution in [0.15, 0.2) is 54.4 Å². The Morgan fingerprint density at radius 2 is 1.75 bits per heavy atom. The minimum Gasteiger partial charge on any atom is -0.471 e. The maximum Gasteiger partial charge on any atom is 0.408 e. The number of hydrogen-bond acceptors (Lipinski definition) is 12. The number of nitrogens with one attached hydrogen (secondary N) is 3. The maximum atomic E-state index is 14.4. The van der Waals surface area contributed by atoms with Gasteiger partial charge in [0.2, 0.25) is 27.7 Å². The number of carbonyl (C=O) groups is 4. The third-order valence-electron chi connectivity index (χ3n) is 9.28. The number of alkyl carbamates (subject to hydrolysis) is 1. The van der Waals surface area contributed by atoms with Gasteiger partial charge in [-0.1, -0.05) is 24.3 Å². The molecule has 2 saturated carbocycles. The Balaban J connectivity index is 1.32. The topological polar surface area (TPSA) is 206 Å². The first-order valence-corrected chi connectivity index (χ1v) is 19.7. The molecule has 0 spiro atoms. The van der Waals surface area contributed by atoms with E-state index in [1.165, 1.54) is 36.2 Å². The van der Waals surface area contributed by atoms with Crippen LogP contribution in [0.3, 0.4) is 0 Å². The van der Waals surface area contributed by atoms with E-state index in [0.29, 0.717) is 29.6 Å². The number of hydrogen-bond donors (Lipinski definition) is 4. The second-order valence-electron chi connectivity index (χ2n) is 15.2. The van der Waals surface area contributed by atoms with Gasteiger partial charge in [-0.25, -0.2) is 23.2 Å². The van der Waals surface area contributed by atoms with Gasteiger partial charge >= 0.3 is 6.09 Å². The molecule has 4 N–H and O–H groups in total. The first kappa shape index (κ1) is 38.1. The van der Waals surface area contributed by atoms with E-state index in [2.05, 4.69) is 21.9 Å². The van der Waals surface area contributed by atoms with Crippen LogP contribution in [0.4, 0.5) is 4.79 Å². The lowest BCUT2D eigenvalue weighted by atomic mass is 9.97. The molecular weight excluding hydrogens is 725 g/mol. The smallest absolute Gasteiger partial charge is 0.408 e. The normalized spacial score (nSPS) is 23.5. The van der Waals surface area contributed by atoms with Crippen molar-refractivity contribution in [2.75, 3.05) is 6.54 Å². The lowest BCUT2D eigenvalue weighted by molar-refractivity contribution is -0.145. The van der Waals surface area contributed by atoms with Crippen LogP contribution in [0, 0.1) is 5.92 Å². The molecule has 1 aromatic carbocycles. The highest BCUT2D eigenvalue weighted by Gasteiger charge is 2.62. The minimum absolute atomic E-state index is 0.0855. The number of benzene rings is 1. The molecule has 2 aliphatic carbocycles. The number of rotatable bonds is 12. The molecular formula is C36H44N6O9S2. The molecule has 17 heteroatoms. The maximum absolute atomic E-state index is 14.4. The van der Waals surface area contributed by atoms with Gasteiger partial charge < -0.3 is 30.1 Å². The summed E-state index contributed by atoms with van der Waals surface area (Å²) in [6, 6.07) is 8.13. The number of ether oxygens (including phenoxy) is 2. The van der Waals surface area contributed by atoms with Gasteiger partial charge in [0.15, 0.2) is 0 Å². The zero-order valence-corrected chi connectivity index (χ0v) is 31.8. The van der Waals surface area contributed by atoms with Crippen molar-refractivity contribution < 1.29 is 42.2 Å². The molecule has 5 atom stereocenters. The van der Waals surface area contributed by atoms with Crippen molar-refractivity contribution in [2.24, 2.45) is 5.92 Å². The van der Waals surface area contributed by atoms with Crippen molar-refractivity contribution in [3.63, 3.8) is 0 Å². The fraction of sp³-hybridized carbons (Fsp3) is 0.500. The number of amides is 4. The van der Waals surface area contributed by atoms with E-state index in [1.807, 2.05) is 35.7 Å². The third kappa shape index (κ3) is 8.31. The molecule has 53 heavy (non-hydrogen) atoms. The second kappa shape index (κ2) is 14.0. The number of aromatic nitrogens is 2. The summed E-state index contributed by atoms with van der Waals surface area (Å²) < 4.78 is 39.3. The van der Waals surface area contributed by atoms with Gasteiger partial charge in [0.1, 0.15) is 35.0 Å². The van der Waals surface area contributed by atoms with Crippen LogP contribution in [0.5, 0.6) is 5.88 Å². The minimum atomic E-state index is -3.94. The number of nitrogens with zero attached hydrogens (tertiary/aromatic N) is 3. The molecule has 15 nitrogen and oxygen atoms in total. The van der Waals surface area contributed by atoms with E-state index < -0.39 is 79.9 Å². The number of fused-ring (bicyclic) bond motifs is 1. The van der Waals surface area contributed by atoms with Gasteiger partial charge in [-0.3, -0.25) is 19.1 Å². The van der Waals surface area contributed by atoms with Gasteiger partial charge in [-0.2, -0.15) is 0 Å². The van der Waals surface area contributed by atoms with E-state index in [0.717, 1.165) is 4.88 Å². The molecule has 1 aliphatic heterocycles. The molecule has 0 bridgehead atoms. The zero-order chi connectivity index (χ0) is 38.5. The summed E-state index contributed by atoms with van der Waals surface area (Å²) in [5.41, 5.74) is -2.70. The summed E-state index contributed by atoms with van der Waals surface area (Å²) in [6.07, 6.45) is 0.536. The highest BCUT2D eigenvalue weighted by molar-refractivity contribution is 7.91. The number of carbonyl (C=O) groups excluding carboxylic acids is 4. The molecule has 0 radical (unpaired) electrons. The van der Waals surface area contributed by atoms with Crippen molar-refractivity contribution in [1.82, 2.24) is 30.2 Å². The Bertz CT molecular complexity index is 2040. The van der Waals surface area contributed by atoms with Crippen LogP contribution in [-0.2, 0) is 29.1 Å². The summed E-state index contributed by atoms with van der Waals surface area (Å²) in [7, 11) is -3.94. The number of likely N-dealkylation sites (tertiary alicyclic amines) is 1. The van der Waals surface area contributed by atoms with Crippen LogP contribution in [0.2, 0.25) is 0 Å². The SMILES string of the molecule is C=C[C@@H]1C[C@]1(NC(=O)[C@@H]1C[C@@H](Oc2nc3ccccc3nc2-c2cccs2)CN1C(=O)[C@@H](NC(=O)OC(C)(C)C)C(C)(C)O)C(=O)NS(=O)(=O)C1CC1. The van der Waals surface area contributed by atoms with Gasteiger partial charge in [-0.15, -0.1) is 17.9 Å². The van der Waals surface area contributed by atoms with Gasteiger partial charge in [0.25, 0.3) is 5.91 Å². The van der Waals surface area contributed by atoms with Crippen LogP contribution >= 0.6 is 11.3 Å². The Labute approximate surface area is 311 Å². The molecule has 3 heterocycles. The van der Waals surface area contributed by atoms with Crippen molar-refractivity contribution in [3.05, 3.63) is 54.4 Å². The van der Waals surface area contributed by atoms with Crippen molar-refractivity contribution in [1.29, 1.82) is 0 Å². The predicted octanol–water partition coefficient (Wildman–Crippen LogP) is 3.04. The fourth-order valence-corrected chi connectivity index (χ4v) is 8.39. The Morgan fingerprint density at radius 3 is 2.32 bits per heavy atom. The molecule has 3 fully saturated rings. The van der Waals surface area contributed by atoms with Crippen molar-refractivity contribution in [3.8, 4) is 16.5 Å². The number of para-hydroxylation sites is 2. The van der Waals surface area contributed by atoms with E-state index in [1.54, 1.807) is 26.8 Å². The average molecular weight is 769 g/mol. The molecule has 4 amide bonds. The highest BCUT2D eigenvalue weighted by atomic mass is 32.2. The quantitative estimate of drug-likeness (QED) is 0.197. The first-order chi connectivity index (χ1) is 24.8. The third-order valence-corrected chi connectivity index (χ3v) is 12.0. The molecule has 6 rings (SSSR count). The average Bonchev–Trinajstić information content (AvgIpc) is 3.94. The summed E-state index contributed by atoms with van der Waals surface area (Å²) in [4.78, 5) is 66.5. The molecule has 3 aliphatic rings. The number of aliphatic hydroxyl groups is 1. The van der Waals surface area contributed by atoms with Crippen LogP contribution in [0.25, 0.3) is 21.6 Å². The van der Waals surface area contributed by atoms with E-state index in [9.17, 15) is 32.7 Å². The fourth-order valence-electron chi connectivity index (χ4n) is 6.32. The van der Waals surface area contributed by atoms with Crippen LogP contribution in [-0.4, -0.2) is 98.9 Å². The van der Waals surface area contributed by atoms with E-state index in [-0.39, 0.29) is 25.3 Å². The molecule has 0 unspecified atom stereocenters. The first-order valence-electron chi connectivity index (χ1n) is 17.3. The monoisotopic (exact) mass is 768 g/mol. The second-order valence-corrected chi connectivity index (χ2v) is 18.1. The summed E-state index contributed by atoms with van der Waals surface area (Å²) in [5, 5.41) is 17.5. The summed E-state index contributed by atoms with van der Waals surface area (Å²) >= 11 is 1.43. The number of sulfonamides is 1. The molecule has 3 aromatic rings. The van der Waals surface area contributed by atoms with Gasteiger partial charge in [0.05, 0.1) is 33.3 Å². The van der Waals surface area contributed by atoms with E-state index >= 15 is 0 Å². The van der Waals surface area contributed by atoms with E-state index in [4.69, 9.17) is 19.4 Å². The van der Waals surface area contributed by atoms with Crippen LogP contribution < -0.4 is 20.1 Å². The highest BCUT2D eigenvalue weighted by Crippen LogP contribution is 2.45. The van der Waals surface area contributed by atoms with Gasteiger partial charge in [0, 0.05) is 12.3 Å². The Kier molecular flexibility index (Phi) is 10.1. The number of thiophene rings is 1. The zero-order valence-electron chi connectivity index (χ0n) is 30.1. The predicted molar refractivity (Wildman–Crippen MR) is 196 cm³/mol. The Morgan fingerprint density at radius 1 is 1.08 bits per heavy atom. The standard InChI is InChI=1S/C36H44N6O9S2/c1-7-20-18-36(20,32(45)41-53(48,49)22-14-15-22)40-29(43)25-17-21(19-42(25)31(44)28(35(5,6)47)39-33(46)51-34(2,3)4)50-30-27(26-13-10-16-52-26)37-23-11-8-9-12-24(23)38-30/h7-13,16,20-22,25,28,47H,1,14-15,17-19H2,2-6H3,(H,39,46)(H,40,43)(H,41,45)/t20-,21-,25+,28-,36-/m1/s1. The summed E-state index contributed by atoms with van der Waals surface area (Å²) in [6.45, 7) is 11.2. The molecule has 1 saturated heterocycles. The van der Waals surface area contributed by atoms with Crippen LogP contribution in [0.1, 0.15) is 60.3 Å². The lowest BCUT2D eigenvalue weighted by Gasteiger charge is -2.35. The molecule has 284 valence electrons. The van der Waals surface area contributed by atoms with Gasteiger partial charge in [-0.05, 0) is 77.5 Å². The lowest BCUT2D eigenvalue weighted by Crippen LogP contribution is -2.62. The largest absolute Gasteiger partial charge is 0.471 e. The Hall–Kier alpha value is -4.61. The summed E-state index contributed by atoms with van der Waals surface area (Å²) in [5.74, 6) is -2.87.